The van der Waals surface area contributed by atoms with E-state index in [1.807, 2.05) is 11.3 Å². The van der Waals surface area contributed by atoms with E-state index in [-0.39, 0.29) is 0 Å². The summed E-state index contributed by atoms with van der Waals surface area (Å²) in [6.45, 7) is 6.84. The van der Waals surface area contributed by atoms with Gasteiger partial charge in [0.05, 0.1) is 0 Å². The first-order valence-electron chi connectivity index (χ1n) is 5.77. The van der Waals surface area contributed by atoms with Gasteiger partial charge in [0, 0.05) is 9.75 Å². The molecule has 2 heteroatoms. The maximum atomic E-state index is 2.32. The minimum Gasteiger partial charge on any atom is -0.152 e. The van der Waals surface area contributed by atoms with Crippen LogP contribution < -0.4 is 0 Å². The molecule has 0 aliphatic carbocycles. The Kier molecular flexibility index (Phi) is 3.82. The third-order valence-corrected chi connectivity index (χ3v) is 4.98. The second-order valence-electron chi connectivity index (χ2n) is 4.62. The Morgan fingerprint density at radius 1 is 1.12 bits per heavy atom. The standard InChI is InChI=1S/C14H18S2/c1-10(2)14-5-4-13(16-14)8-11(3)12-6-7-15-9-12/h4-7,9-11H,8H2,1-3H3. The molecular weight excluding hydrogens is 232 g/mol. The van der Waals surface area contributed by atoms with E-state index in [4.69, 9.17) is 0 Å². The summed E-state index contributed by atoms with van der Waals surface area (Å²) in [5.41, 5.74) is 1.48. The largest absolute Gasteiger partial charge is 0.152 e. The second kappa shape index (κ2) is 5.15. The zero-order valence-electron chi connectivity index (χ0n) is 10.1. The zero-order valence-corrected chi connectivity index (χ0v) is 11.7. The molecule has 2 heterocycles. The van der Waals surface area contributed by atoms with Crippen LogP contribution in [0.2, 0.25) is 0 Å². The fourth-order valence-electron chi connectivity index (χ4n) is 1.79. The highest BCUT2D eigenvalue weighted by Crippen LogP contribution is 2.29. The van der Waals surface area contributed by atoms with Crippen LogP contribution in [0.25, 0.3) is 0 Å². The molecule has 2 aromatic heterocycles. The summed E-state index contributed by atoms with van der Waals surface area (Å²) in [7, 11) is 0. The van der Waals surface area contributed by atoms with Gasteiger partial charge in [-0.25, -0.2) is 0 Å². The summed E-state index contributed by atoms with van der Waals surface area (Å²) >= 11 is 3.76. The summed E-state index contributed by atoms with van der Waals surface area (Å²) in [5.74, 6) is 1.31. The first-order valence-corrected chi connectivity index (χ1v) is 7.53. The van der Waals surface area contributed by atoms with Crippen LogP contribution in [-0.4, -0.2) is 0 Å². The molecule has 0 saturated heterocycles. The van der Waals surface area contributed by atoms with Crippen LogP contribution in [0.5, 0.6) is 0 Å². The molecule has 0 nitrogen and oxygen atoms in total. The molecule has 0 aliphatic heterocycles. The van der Waals surface area contributed by atoms with Crippen LogP contribution in [0.4, 0.5) is 0 Å². The van der Waals surface area contributed by atoms with Gasteiger partial charge in [-0.2, -0.15) is 11.3 Å². The quantitative estimate of drug-likeness (QED) is 0.692. The lowest BCUT2D eigenvalue weighted by molar-refractivity contribution is 0.772. The lowest BCUT2D eigenvalue weighted by Gasteiger charge is -2.07. The average molecular weight is 250 g/mol. The van der Waals surface area contributed by atoms with Crippen LogP contribution in [0.3, 0.4) is 0 Å². The lowest BCUT2D eigenvalue weighted by atomic mass is 10.0. The number of thiophene rings is 2. The predicted molar refractivity (Wildman–Crippen MR) is 74.8 cm³/mol. The third kappa shape index (κ3) is 2.74. The molecule has 0 aliphatic rings. The maximum Gasteiger partial charge on any atom is 0.00736 e. The SMILES string of the molecule is CC(C)c1ccc(CC(C)c2ccsc2)s1. The Balaban J connectivity index is 2.03. The fourth-order valence-corrected chi connectivity index (χ4v) is 3.72. The Morgan fingerprint density at radius 2 is 1.94 bits per heavy atom. The van der Waals surface area contributed by atoms with Crippen LogP contribution in [0.1, 0.15) is 47.9 Å². The molecule has 2 rings (SSSR count). The molecule has 86 valence electrons. The van der Waals surface area contributed by atoms with Gasteiger partial charge in [-0.3, -0.25) is 0 Å². The van der Waals surface area contributed by atoms with Crippen molar-refractivity contribution in [2.45, 2.75) is 39.0 Å². The van der Waals surface area contributed by atoms with E-state index in [1.54, 1.807) is 11.3 Å². The molecule has 1 atom stereocenters. The van der Waals surface area contributed by atoms with E-state index in [0.29, 0.717) is 11.8 Å². The Bertz CT molecular complexity index is 423. The first-order chi connectivity index (χ1) is 7.66. The molecule has 2 aromatic rings. The maximum absolute atomic E-state index is 2.32. The molecule has 1 unspecified atom stereocenters. The second-order valence-corrected chi connectivity index (χ2v) is 6.60. The summed E-state index contributed by atoms with van der Waals surface area (Å²) in [5, 5.41) is 4.43. The van der Waals surface area contributed by atoms with Gasteiger partial charge in [-0.15, -0.1) is 11.3 Å². The first kappa shape index (κ1) is 11.9. The topological polar surface area (TPSA) is 0 Å². The highest BCUT2D eigenvalue weighted by Gasteiger charge is 2.10. The number of rotatable bonds is 4. The zero-order chi connectivity index (χ0) is 11.5. The fraction of sp³-hybridized carbons (Fsp3) is 0.429. The van der Waals surface area contributed by atoms with Gasteiger partial charge >= 0.3 is 0 Å². The molecule has 0 N–H and O–H groups in total. The summed E-state index contributed by atoms with van der Waals surface area (Å²) in [6.07, 6.45) is 1.17. The molecule has 16 heavy (non-hydrogen) atoms. The van der Waals surface area contributed by atoms with Gasteiger partial charge in [0.2, 0.25) is 0 Å². The van der Waals surface area contributed by atoms with Gasteiger partial charge in [0.25, 0.3) is 0 Å². The highest BCUT2D eigenvalue weighted by molar-refractivity contribution is 7.12. The van der Waals surface area contributed by atoms with Gasteiger partial charge in [-0.05, 0) is 52.8 Å². The normalized spacial score (nSPS) is 13.2. The van der Waals surface area contributed by atoms with Crippen LogP contribution in [0, 0.1) is 0 Å². The average Bonchev–Trinajstić information content (AvgIpc) is 2.87. The van der Waals surface area contributed by atoms with Crippen molar-refractivity contribution in [1.82, 2.24) is 0 Å². The van der Waals surface area contributed by atoms with Gasteiger partial charge < -0.3 is 0 Å². The predicted octanol–water partition coefficient (Wildman–Crippen LogP) is 5.28. The summed E-state index contributed by atoms with van der Waals surface area (Å²) in [4.78, 5) is 3.02. The van der Waals surface area contributed by atoms with Gasteiger partial charge in [0.1, 0.15) is 0 Å². The van der Waals surface area contributed by atoms with E-state index in [0.717, 1.165) is 0 Å². The van der Waals surface area contributed by atoms with Crippen molar-refractivity contribution < 1.29 is 0 Å². The van der Waals surface area contributed by atoms with Crippen LogP contribution in [0.15, 0.2) is 29.0 Å². The molecule has 0 spiro atoms. The number of hydrogen-bond acceptors (Lipinski definition) is 2. The molecule has 0 aromatic carbocycles. The molecule has 0 fully saturated rings. The summed E-state index contributed by atoms with van der Waals surface area (Å²) < 4.78 is 0. The molecule has 0 bridgehead atoms. The van der Waals surface area contributed by atoms with Gasteiger partial charge in [-0.1, -0.05) is 20.8 Å². The van der Waals surface area contributed by atoms with Gasteiger partial charge in [0.15, 0.2) is 0 Å². The van der Waals surface area contributed by atoms with Crippen molar-refractivity contribution in [2.24, 2.45) is 0 Å². The molecule has 0 amide bonds. The van der Waals surface area contributed by atoms with E-state index in [9.17, 15) is 0 Å². The lowest BCUT2D eigenvalue weighted by Crippen LogP contribution is -1.94. The Morgan fingerprint density at radius 3 is 2.50 bits per heavy atom. The minimum atomic E-state index is 0.643. The van der Waals surface area contributed by atoms with Crippen molar-refractivity contribution >= 4 is 22.7 Å². The minimum absolute atomic E-state index is 0.643. The van der Waals surface area contributed by atoms with Crippen molar-refractivity contribution in [3.05, 3.63) is 44.3 Å². The van der Waals surface area contributed by atoms with E-state index >= 15 is 0 Å². The van der Waals surface area contributed by atoms with Crippen molar-refractivity contribution in [3.8, 4) is 0 Å². The molecule has 0 radical (unpaired) electrons. The van der Waals surface area contributed by atoms with Crippen molar-refractivity contribution in [2.75, 3.05) is 0 Å². The summed E-state index contributed by atoms with van der Waals surface area (Å²) in [6, 6.07) is 6.82. The van der Waals surface area contributed by atoms with E-state index in [2.05, 4.69) is 49.7 Å². The molecule has 0 saturated carbocycles. The van der Waals surface area contributed by atoms with Crippen LogP contribution >= 0.6 is 22.7 Å². The number of hydrogen-bond donors (Lipinski definition) is 0. The van der Waals surface area contributed by atoms with E-state index in [1.165, 1.54) is 21.7 Å². The molecular formula is C14H18S2. The monoisotopic (exact) mass is 250 g/mol. The van der Waals surface area contributed by atoms with E-state index < -0.39 is 0 Å². The van der Waals surface area contributed by atoms with Crippen LogP contribution in [-0.2, 0) is 6.42 Å². The third-order valence-electron chi connectivity index (χ3n) is 2.87. The Labute approximate surface area is 106 Å². The Hall–Kier alpha value is -0.600. The smallest absolute Gasteiger partial charge is 0.00736 e. The van der Waals surface area contributed by atoms with Crippen molar-refractivity contribution in [1.29, 1.82) is 0 Å². The van der Waals surface area contributed by atoms with Crippen molar-refractivity contribution in [3.63, 3.8) is 0 Å². The highest BCUT2D eigenvalue weighted by atomic mass is 32.1.